The van der Waals surface area contributed by atoms with Crippen molar-refractivity contribution >= 4 is 11.9 Å². The number of amides is 1. The Kier molecular flexibility index (Phi) is 5.29. The molecule has 0 aliphatic rings. The van der Waals surface area contributed by atoms with Crippen molar-refractivity contribution in [3.8, 4) is 0 Å². The fraction of sp³-hybridized carbons (Fsp3) is 0.636. The monoisotopic (exact) mass is 254 g/mol. The van der Waals surface area contributed by atoms with Crippen molar-refractivity contribution in [2.24, 2.45) is 5.92 Å². The molecule has 0 aliphatic carbocycles. The molecule has 0 fully saturated rings. The van der Waals surface area contributed by atoms with E-state index in [0.29, 0.717) is 13.2 Å². The highest BCUT2D eigenvalue weighted by Crippen LogP contribution is 2.04. The second kappa shape index (κ2) is 6.73. The maximum Gasteiger partial charge on any atom is 0.325 e. The van der Waals surface area contributed by atoms with Gasteiger partial charge in [-0.05, 0) is 12.8 Å². The Morgan fingerprint density at radius 1 is 1.50 bits per heavy atom. The smallest absolute Gasteiger partial charge is 0.325 e. The fourth-order valence-electron chi connectivity index (χ4n) is 1.48. The highest BCUT2D eigenvalue weighted by molar-refractivity contribution is 5.92. The number of hydrogen-bond acceptors (Lipinski definition) is 5. The van der Waals surface area contributed by atoms with E-state index in [-0.39, 0.29) is 24.2 Å². The van der Waals surface area contributed by atoms with Gasteiger partial charge in [-0.1, -0.05) is 13.8 Å². The maximum atomic E-state index is 12.1. The van der Waals surface area contributed by atoms with E-state index in [2.05, 4.69) is 15.2 Å². The second-order valence-electron chi connectivity index (χ2n) is 4.22. The van der Waals surface area contributed by atoms with Gasteiger partial charge in [0, 0.05) is 6.54 Å². The quantitative estimate of drug-likeness (QED) is 0.745. The topological polar surface area (TPSA) is 88.2 Å². The van der Waals surface area contributed by atoms with Crippen LogP contribution in [-0.2, 0) is 9.53 Å². The first kappa shape index (κ1) is 14.1. The molecule has 0 atom stereocenters. The number of hydrogen-bond donors (Lipinski definition) is 1. The third-order valence-electron chi connectivity index (χ3n) is 2.12. The van der Waals surface area contributed by atoms with Gasteiger partial charge in [0.05, 0.1) is 6.61 Å². The van der Waals surface area contributed by atoms with Crippen molar-refractivity contribution < 1.29 is 14.3 Å². The molecule has 0 spiro atoms. The van der Waals surface area contributed by atoms with Crippen LogP contribution in [0.5, 0.6) is 0 Å². The summed E-state index contributed by atoms with van der Waals surface area (Å²) >= 11 is 0. The third-order valence-corrected chi connectivity index (χ3v) is 2.12. The van der Waals surface area contributed by atoms with Gasteiger partial charge in [-0.25, -0.2) is 4.98 Å². The van der Waals surface area contributed by atoms with Crippen LogP contribution in [-0.4, -0.2) is 51.7 Å². The number of nitrogens with zero attached hydrogens (tertiary/aromatic N) is 3. The zero-order valence-electron chi connectivity index (χ0n) is 10.8. The lowest BCUT2D eigenvalue weighted by Gasteiger charge is -2.22. The maximum absolute atomic E-state index is 12.1. The molecule has 0 unspecified atom stereocenters. The van der Waals surface area contributed by atoms with Gasteiger partial charge in [-0.2, -0.15) is 5.10 Å². The molecule has 1 aromatic rings. The molecule has 18 heavy (non-hydrogen) atoms. The summed E-state index contributed by atoms with van der Waals surface area (Å²) in [6.45, 7) is 6.33. The van der Waals surface area contributed by atoms with E-state index in [1.165, 1.54) is 11.2 Å². The number of H-pyrrole nitrogens is 1. The number of aromatic amines is 1. The molecule has 1 aromatic heterocycles. The molecule has 1 heterocycles. The van der Waals surface area contributed by atoms with Crippen LogP contribution in [0.15, 0.2) is 6.33 Å². The first-order valence-electron chi connectivity index (χ1n) is 5.84. The molecule has 0 saturated carbocycles. The van der Waals surface area contributed by atoms with Crippen LogP contribution in [0.2, 0.25) is 0 Å². The van der Waals surface area contributed by atoms with Crippen LogP contribution in [0.1, 0.15) is 31.4 Å². The molecular formula is C11H18N4O3. The number of aromatic nitrogens is 3. The largest absolute Gasteiger partial charge is 0.465 e. The Balaban J connectivity index is 2.71. The van der Waals surface area contributed by atoms with Crippen LogP contribution < -0.4 is 0 Å². The highest BCUT2D eigenvalue weighted by atomic mass is 16.5. The summed E-state index contributed by atoms with van der Waals surface area (Å²) < 4.78 is 4.84. The third kappa shape index (κ3) is 4.15. The lowest BCUT2D eigenvalue weighted by atomic mass is 10.2. The minimum Gasteiger partial charge on any atom is -0.465 e. The zero-order valence-corrected chi connectivity index (χ0v) is 10.8. The first-order chi connectivity index (χ1) is 8.54. The summed E-state index contributed by atoms with van der Waals surface area (Å²) in [5.74, 6) is -0.411. The van der Waals surface area contributed by atoms with Crippen LogP contribution >= 0.6 is 0 Å². The molecule has 0 radical (unpaired) electrons. The van der Waals surface area contributed by atoms with E-state index < -0.39 is 5.97 Å². The Bertz CT molecular complexity index is 389. The molecule has 1 rings (SSSR count). The van der Waals surface area contributed by atoms with E-state index in [1.54, 1.807) is 6.92 Å². The Morgan fingerprint density at radius 2 is 2.22 bits per heavy atom. The summed E-state index contributed by atoms with van der Waals surface area (Å²) in [5, 5.41) is 6.11. The van der Waals surface area contributed by atoms with Gasteiger partial charge < -0.3 is 9.64 Å². The average molecular weight is 254 g/mol. The molecule has 0 saturated heterocycles. The minimum atomic E-state index is -0.425. The second-order valence-corrected chi connectivity index (χ2v) is 4.22. The summed E-state index contributed by atoms with van der Waals surface area (Å²) in [5.41, 5.74) is 0. The number of carbonyl (C=O) groups is 2. The SMILES string of the molecule is CCOC(=O)CN(CC(C)C)C(=O)c1ncn[nH]1. The van der Waals surface area contributed by atoms with Crippen molar-refractivity contribution in [2.75, 3.05) is 19.7 Å². The van der Waals surface area contributed by atoms with Gasteiger partial charge in [-0.15, -0.1) is 0 Å². The van der Waals surface area contributed by atoms with Crippen LogP contribution in [0.3, 0.4) is 0 Å². The summed E-state index contributed by atoms with van der Waals surface area (Å²) in [4.78, 5) is 28.7. The lowest BCUT2D eigenvalue weighted by molar-refractivity contribution is -0.143. The van der Waals surface area contributed by atoms with Crippen molar-refractivity contribution in [3.05, 3.63) is 12.2 Å². The molecule has 7 heteroatoms. The van der Waals surface area contributed by atoms with E-state index in [4.69, 9.17) is 4.74 Å². The lowest BCUT2D eigenvalue weighted by Crippen LogP contribution is -2.39. The Hall–Kier alpha value is -1.92. The van der Waals surface area contributed by atoms with Crippen molar-refractivity contribution in [1.82, 2.24) is 20.1 Å². The Labute approximate surface area is 106 Å². The van der Waals surface area contributed by atoms with E-state index in [0.717, 1.165) is 0 Å². The normalized spacial score (nSPS) is 10.4. The number of carbonyl (C=O) groups excluding carboxylic acids is 2. The van der Waals surface area contributed by atoms with Gasteiger partial charge in [-0.3, -0.25) is 14.7 Å². The predicted octanol–water partition coefficient (Wildman–Crippen LogP) is 0.466. The van der Waals surface area contributed by atoms with E-state index >= 15 is 0 Å². The van der Waals surface area contributed by atoms with Crippen LogP contribution in [0.25, 0.3) is 0 Å². The molecule has 0 aromatic carbocycles. The number of rotatable bonds is 6. The zero-order chi connectivity index (χ0) is 13.5. The van der Waals surface area contributed by atoms with E-state index in [9.17, 15) is 9.59 Å². The molecule has 0 aliphatic heterocycles. The first-order valence-corrected chi connectivity index (χ1v) is 5.84. The summed E-state index contributed by atoms with van der Waals surface area (Å²) in [7, 11) is 0. The highest BCUT2D eigenvalue weighted by Gasteiger charge is 2.22. The number of ether oxygens (including phenoxy) is 1. The van der Waals surface area contributed by atoms with Gasteiger partial charge >= 0.3 is 5.97 Å². The van der Waals surface area contributed by atoms with Crippen molar-refractivity contribution in [3.63, 3.8) is 0 Å². The summed E-state index contributed by atoms with van der Waals surface area (Å²) in [6.07, 6.45) is 1.26. The minimum absolute atomic E-state index is 0.0778. The fourth-order valence-corrected chi connectivity index (χ4v) is 1.48. The average Bonchev–Trinajstić information content (AvgIpc) is 2.80. The molecule has 1 amide bonds. The summed E-state index contributed by atoms with van der Waals surface area (Å²) in [6, 6.07) is 0. The number of esters is 1. The molecule has 1 N–H and O–H groups in total. The van der Waals surface area contributed by atoms with Crippen molar-refractivity contribution in [2.45, 2.75) is 20.8 Å². The predicted molar refractivity (Wildman–Crippen MR) is 63.8 cm³/mol. The molecule has 7 nitrogen and oxygen atoms in total. The van der Waals surface area contributed by atoms with Crippen LogP contribution in [0.4, 0.5) is 0 Å². The van der Waals surface area contributed by atoms with Crippen LogP contribution in [0, 0.1) is 5.92 Å². The standard InChI is InChI=1S/C11H18N4O3/c1-4-18-9(16)6-15(5-8(2)3)11(17)10-12-7-13-14-10/h7-8H,4-6H2,1-3H3,(H,12,13,14). The van der Waals surface area contributed by atoms with Gasteiger partial charge in [0.25, 0.3) is 5.91 Å². The number of nitrogens with one attached hydrogen (secondary N) is 1. The van der Waals surface area contributed by atoms with Gasteiger partial charge in [0.1, 0.15) is 12.9 Å². The Morgan fingerprint density at radius 3 is 2.72 bits per heavy atom. The molecular weight excluding hydrogens is 236 g/mol. The molecule has 100 valence electrons. The van der Waals surface area contributed by atoms with E-state index in [1.807, 2.05) is 13.8 Å². The molecule has 0 bridgehead atoms. The van der Waals surface area contributed by atoms with Gasteiger partial charge in [0.2, 0.25) is 5.82 Å². The van der Waals surface area contributed by atoms with Gasteiger partial charge in [0.15, 0.2) is 0 Å². The van der Waals surface area contributed by atoms with Crippen molar-refractivity contribution in [1.29, 1.82) is 0 Å².